The molecule has 0 radical (unpaired) electrons. The van der Waals surface area contributed by atoms with E-state index in [1.807, 2.05) is 0 Å². The zero-order valence-electron chi connectivity index (χ0n) is 16.0. The summed E-state index contributed by atoms with van der Waals surface area (Å²) in [7, 11) is -0.915. The van der Waals surface area contributed by atoms with Crippen LogP contribution in [0.2, 0.25) is 0 Å². The summed E-state index contributed by atoms with van der Waals surface area (Å²) < 4.78 is 15.1. The van der Waals surface area contributed by atoms with Crippen molar-refractivity contribution in [3.05, 3.63) is 68.6 Å². The minimum atomic E-state index is -0.915. The van der Waals surface area contributed by atoms with E-state index in [2.05, 4.69) is 108 Å². The van der Waals surface area contributed by atoms with Gasteiger partial charge >= 0.3 is 0 Å². The number of aryl methyl sites for hydroxylation is 2. The molecule has 0 saturated carbocycles. The molecule has 2 aromatic rings. The molecule has 2 aromatic carbocycles. The minimum absolute atomic E-state index is 0.212. The fourth-order valence-electron chi connectivity index (χ4n) is 3.13. The van der Waals surface area contributed by atoms with Gasteiger partial charge in [0.1, 0.15) is 0 Å². The van der Waals surface area contributed by atoms with Crippen LogP contribution in [0.3, 0.4) is 0 Å². The smallest absolute Gasteiger partial charge is 0.0411 e. The van der Waals surface area contributed by atoms with E-state index in [9.17, 15) is 4.21 Å². The molecule has 2 rings (SSSR count). The van der Waals surface area contributed by atoms with Gasteiger partial charge in [0.15, 0.2) is 0 Å². The van der Waals surface area contributed by atoms with Gasteiger partial charge in [0.25, 0.3) is 0 Å². The van der Waals surface area contributed by atoms with Crippen molar-refractivity contribution >= 4 is 42.7 Å². The Hall–Kier alpha value is -0.450. The monoisotopic (exact) mass is 498 g/mol. The predicted octanol–water partition coefficient (Wildman–Crippen LogP) is 7.08. The lowest BCUT2D eigenvalue weighted by atomic mass is 10.0. The highest BCUT2D eigenvalue weighted by Crippen LogP contribution is 2.32. The van der Waals surface area contributed by atoms with Crippen molar-refractivity contribution in [3.63, 3.8) is 0 Å². The van der Waals surface area contributed by atoms with Crippen LogP contribution in [-0.4, -0.2) is 13.7 Å². The van der Waals surface area contributed by atoms with Gasteiger partial charge in [-0.2, -0.15) is 0 Å². The number of hydrogen-bond donors (Lipinski definition) is 0. The minimum Gasteiger partial charge on any atom is -0.258 e. The molecule has 0 atom stereocenters. The lowest BCUT2D eigenvalue weighted by Crippen LogP contribution is -2.41. The molecule has 0 spiro atoms. The number of benzene rings is 2. The largest absolute Gasteiger partial charge is 0.258 e. The molecule has 0 heterocycles. The summed E-state index contributed by atoms with van der Waals surface area (Å²) in [5.74, 6) is 0. The molecule has 0 aliphatic carbocycles. The maximum atomic E-state index is 13.3. The Morgan fingerprint density at radius 1 is 0.692 bits per heavy atom. The van der Waals surface area contributed by atoms with E-state index in [0.717, 1.165) is 34.6 Å². The van der Waals surface area contributed by atoms with Crippen LogP contribution in [0.25, 0.3) is 0 Å². The van der Waals surface area contributed by atoms with E-state index in [0.29, 0.717) is 0 Å². The molecule has 4 heteroatoms. The second-order valence-electron chi connectivity index (χ2n) is 8.04. The standard InChI is InChI=1S/C22H28Br2OS/c1-21(2,15-13-17-5-9-19(23)10-6-17)26(25)22(3,4)16-14-18-7-11-20(24)12-8-18/h5-12H,13-16H2,1-4H3. The summed E-state index contributed by atoms with van der Waals surface area (Å²) in [5.41, 5.74) is 2.59. The SMILES string of the molecule is CC(C)(CCc1ccc(Br)cc1)S(=O)C(C)(C)CCc1ccc(Br)cc1. The number of rotatable bonds is 8. The first kappa shape index (κ1) is 21.8. The quantitative estimate of drug-likeness (QED) is 0.379. The average molecular weight is 500 g/mol. The highest BCUT2D eigenvalue weighted by Gasteiger charge is 2.36. The molecular weight excluding hydrogens is 472 g/mol. The molecule has 26 heavy (non-hydrogen) atoms. The predicted molar refractivity (Wildman–Crippen MR) is 121 cm³/mol. The van der Waals surface area contributed by atoms with Crippen molar-refractivity contribution < 1.29 is 4.21 Å². The van der Waals surface area contributed by atoms with E-state index >= 15 is 0 Å². The van der Waals surface area contributed by atoms with Crippen LogP contribution in [0, 0.1) is 0 Å². The first-order chi connectivity index (χ1) is 12.1. The maximum Gasteiger partial charge on any atom is 0.0411 e. The number of halogens is 2. The normalized spacial score (nSPS) is 12.6. The average Bonchev–Trinajstić information content (AvgIpc) is 2.60. The van der Waals surface area contributed by atoms with Gasteiger partial charge in [-0.25, -0.2) is 0 Å². The molecule has 0 bridgehead atoms. The third kappa shape index (κ3) is 6.31. The van der Waals surface area contributed by atoms with Crippen LogP contribution in [0.5, 0.6) is 0 Å². The summed E-state index contributed by atoms with van der Waals surface area (Å²) in [6.07, 6.45) is 3.75. The molecule has 0 aromatic heterocycles. The Balaban J connectivity index is 1.96. The Bertz CT molecular complexity index is 670. The Morgan fingerprint density at radius 2 is 1.00 bits per heavy atom. The van der Waals surface area contributed by atoms with Gasteiger partial charge in [-0.05, 0) is 88.8 Å². The van der Waals surface area contributed by atoms with Crippen molar-refractivity contribution in [1.82, 2.24) is 0 Å². The Kier molecular flexibility index (Phi) is 7.70. The summed E-state index contributed by atoms with van der Waals surface area (Å²) in [6.45, 7) is 8.57. The molecule has 0 fully saturated rings. The zero-order valence-corrected chi connectivity index (χ0v) is 20.0. The van der Waals surface area contributed by atoms with Gasteiger partial charge in [-0.15, -0.1) is 0 Å². The molecule has 1 nitrogen and oxygen atoms in total. The van der Waals surface area contributed by atoms with E-state index in [4.69, 9.17) is 0 Å². The maximum absolute atomic E-state index is 13.3. The molecule has 0 unspecified atom stereocenters. The highest BCUT2D eigenvalue weighted by molar-refractivity contribution is 9.10. The van der Waals surface area contributed by atoms with Crippen molar-refractivity contribution in [1.29, 1.82) is 0 Å². The van der Waals surface area contributed by atoms with E-state index in [1.54, 1.807) is 0 Å². The van der Waals surface area contributed by atoms with Crippen LogP contribution in [0.15, 0.2) is 57.5 Å². The van der Waals surface area contributed by atoms with Gasteiger partial charge in [-0.3, -0.25) is 4.21 Å². The highest BCUT2D eigenvalue weighted by atomic mass is 79.9. The molecule has 142 valence electrons. The first-order valence-electron chi connectivity index (χ1n) is 9.01. The van der Waals surface area contributed by atoms with Gasteiger partial charge in [0.05, 0.1) is 0 Å². The topological polar surface area (TPSA) is 17.1 Å². The van der Waals surface area contributed by atoms with Crippen LogP contribution in [-0.2, 0) is 23.6 Å². The van der Waals surface area contributed by atoms with Crippen LogP contribution in [0.1, 0.15) is 51.7 Å². The zero-order chi connectivity index (χ0) is 19.4. The Morgan fingerprint density at radius 3 is 1.31 bits per heavy atom. The molecule has 0 aliphatic heterocycles. The fourth-order valence-corrected chi connectivity index (χ4v) is 5.73. The van der Waals surface area contributed by atoms with Crippen molar-refractivity contribution in [2.24, 2.45) is 0 Å². The summed E-state index contributed by atoms with van der Waals surface area (Å²) >= 11 is 6.95. The Labute approximate surface area is 177 Å². The fraction of sp³-hybridized carbons (Fsp3) is 0.455. The van der Waals surface area contributed by atoms with Crippen molar-refractivity contribution in [3.8, 4) is 0 Å². The van der Waals surface area contributed by atoms with E-state index in [-0.39, 0.29) is 9.49 Å². The third-order valence-electron chi connectivity index (χ3n) is 4.86. The summed E-state index contributed by atoms with van der Waals surface area (Å²) in [6, 6.07) is 16.8. The lowest BCUT2D eigenvalue weighted by molar-refractivity contribution is 0.537. The van der Waals surface area contributed by atoms with E-state index < -0.39 is 10.8 Å². The summed E-state index contributed by atoms with van der Waals surface area (Å²) in [4.78, 5) is 0. The van der Waals surface area contributed by atoms with Crippen LogP contribution in [0.4, 0.5) is 0 Å². The van der Waals surface area contributed by atoms with Gasteiger partial charge < -0.3 is 0 Å². The molecule has 0 amide bonds. The number of hydrogen-bond acceptors (Lipinski definition) is 1. The van der Waals surface area contributed by atoms with Crippen molar-refractivity contribution in [2.75, 3.05) is 0 Å². The summed E-state index contributed by atoms with van der Waals surface area (Å²) in [5, 5.41) is 0. The van der Waals surface area contributed by atoms with E-state index in [1.165, 1.54) is 11.1 Å². The van der Waals surface area contributed by atoms with Crippen LogP contribution < -0.4 is 0 Å². The molecule has 0 N–H and O–H groups in total. The first-order valence-corrected chi connectivity index (χ1v) is 11.7. The third-order valence-corrected chi connectivity index (χ3v) is 8.33. The van der Waals surface area contributed by atoms with Gasteiger partial charge in [0, 0.05) is 29.2 Å². The molecule has 0 aliphatic rings. The second-order valence-corrected chi connectivity index (χ2v) is 12.6. The molecular formula is C22H28Br2OS. The molecule has 0 saturated heterocycles. The van der Waals surface area contributed by atoms with Gasteiger partial charge in [-0.1, -0.05) is 56.1 Å². The second kappa shape index (κ2) is 9.16. The van der Waals surface area contributed by atoms with Gasteiger partial charge in [0.2, 0.25) is 0 Å². The van der Waals surface area contributed by atoms with Crippen LogP contribution >= 0.6 is 31.9 Å². The lowest BCUT2D eigenvalue weighted by Gasteiger charge is -2.34. The van der Waals surface area contributed by atoms with Crippen molar-refractivity contribution in [2.45, 2.75) is 62.9 Å².